The number of rotatable bonds is 7. The zero-order chi connectivity index (χ0) is 18.2. The van der Waals surface area contributed by atoms with Crippen LogP contribution >= 0.6 is 24.8 Å². The molecule has 0 bridgehead atoms. The highest BCUT2D eigenvalue weighted by molar-refractivity contribution is 5.90. The molecular weight excluding hydrogens is 397 g/mol. The Balaban J connectivity index is 0.00000196. The van der Waals surface area contributed by atoms with Crippen molar-refractivity contribution in [2.75, 3.05) is 51.3 Å². The van der Waals surface area contributed by atoms with Crippen molar-refractivity contribution in [2.45, 2.75) is 32.6 Å². The van der Waals surface area contributed by atoms with Gasteiger partial charge in [0.05, 0.1) is 13.2 Å². The van der Waals surface area contributed by atoms with Crippen LogP contribution in [0.3, 0.4) is 0 Å². The van der Waals surface area contributed by atoms with E-state index in [-0.39, 0.29) is 30.7 Å². The number of nitrogens with zero attached hydrogens (tertiary/aromatic N) is 1. The van der Waals surface area contributed by atoms with Gasteiger partial charge in [-0.05, 0) is 61.9 Å². The third kappa shape index (κ3) is 8.26. The second-order valence-corrected chi connectivity index (χ2v) is 7.72. The van der Waals surface area contributed by atoms with E-state index in [2.05, 4.69) is 34.6 Å². The summed E-state index contributed by atoms with van der Waals surface area (Å²) in [6, 6.07) is 8.32. The molecule has 1 aromatic carbocycles. The fourth-order valence-electron chi connectivity index (χ4n) is 3.95. The average Bonchev–Trinajstić information content (AvgIpc) is 2.69. The van der Waals surface area contributed by atoms with Crippen molar-refractivity contribution in [3.05, 3.63) is 29.8 Å². The number of amides is 1. The fraction of sp³-hybridized carbons (Fsp3) is 0.667. The molecule has 0 spiro atoms. The largest absolute Gasteiger partial charge is 0.379 e. The molecule has 0 saturated carbocycles. The van der Waals surface area contributed by atoms with Gasteiger partial charge in [0.15, 0.2) is 0 Å². The standard InChI is InChI=1S/C21H33N3O2.2ClH/c1-17(19-6-9-22-10-7-19)16-21(25)23-20-4-2-18(3-5-20)8-11-24-12-14-26-15-13-24;;/h2-5,17,19,22H,6-16H2,1H3,(H,23,25);2*1H. The van der Waals surface area contributed by atoms with Crippen molar-refractivity contribution in [3.63, 3.8) is 0 Å². The number of piperidine rings is 1. The number of benzene rings is 1. The van der Waals surface area contributed by atoms with Gasteiger partial charge in [0, 0.05) is 31.7 Å². The third-order valence-corrected chi connectivity index (χ3v) is 5.75. The summed E-state index contributed by atoms with van der Waals surface area (Å²) >= 11 is 0. The number of carbonyl (C=O) groups is 1. The van der Waals surface area contributed by atoms with E-state index >= 15 is 0 Å². The molecule has 0 aliphatic carbocycles. The predicted molar refractivity (Wildman–Crippen MR) is 120 cm³/mol. The van der Waals surface area contributed by atoms with Crippen LogP contribution in [-0.2, 0) is 16.0 Å². The molecule has 28 heavy (non-hydrogen) atoms. The Labute approximate surface area is 181 Å². The second-order valence-electron chi connectivity index (χ2n) is 7.72. The zero-order valence-electron chi connectivity index (χ0n) is 16.8. The van der Waals surface area contributed by atoms with Crippen LogP contribution in [0.1, 0.15) is 31.7 Å². The lowest BCUT2D eigenvalue weighted by Gasteiger charge is -2.27. The summed E-state index contributed by atoms with van der Waals surface area (Å²) in [4.78, 5) is 14.8. The Morgan fingerprint density at radius 1 is 1.18 bits per heavy atom. The Morgan fingerprint density at radius 3 is 2.46 bits per heavy atom. The van der Waals surface area contributed by atoms with Gasteiger partial charge in [-0.15, -0.1) is 24.8 Å². The first-order chi connectivity index (χ1) is 12.7. The maximum absolute atomic E-state index is 12.3. The van der Waals surface area contributed by atoms with Gasteiger partial charge in [-0.3, -0.25) is 9.69 Å². The van der Waals surface area contributed by atoms with E-state index in [1.165, 1.54) is 18.4 Å². The molecule has 2 aliphatic heterocycles. The van der Waals surface area contributed by atoms with Crippen LogP contribution in [0.5, 0.6) is 0 Å². The van der Waals surface area contributed by atoms with E-state index in [1.54, 1.807) is 0 Å². The number of halogens is 2. The minimum Gasteiger partial charge on any atom is -0.379 e. The number of carbonyl (C=O) groups excluding carboxylic acids is 1. The number of ether oxygens (including phenoxy) is 1. The van der Waals surface area contributed by atoms with E-state index in [0.29, 0.717) is 18.3 Å². The predicted octanol–water partition coefficient (Wildman–Crippen LogP) is 3.37. The van der Waals surface area contributed by atoms with Crippen LogP contribution in [0.2, 0.25) is 0 Å². The minimum atomic E-state index is 0. The van der Waals surface area contributed by atoms with E-state index in [9.17, 15) is 4.79 Å². The molecule has 2 fully saturated rings. The van der Waals surface area contributed by atoms with Crippen molar-refractivity contribution in [1.29, 1.82) is 0 Å². The SMILES string of the molecule is CC(CC(=O)Nc1ccc(CCN2CCOCC2)cc1)C1CCNCC1.Cl.Cl. The highest BCUT2D eigenvalue weighted by atomic mass is 35.5. The molecule has 1 aromatic rings. The highest BCUT2D eigenvalue weighted by Crippen LogP contribution is 2.24. The number of nitrogens with one attached hydrogen (secondary N) is 2. The minimum absolute atomic E-state index is 0. The molecule has 2 saturated heterocycles. The number of hydrogen-bond acceptors (Lipinski definition) is 4. The number of hydrogen-bond donors (Lipinski definition) is 2. The molecular formula is C21H35Cl2N3O2. The lowest BCUT2D eigenvalue weighted by molar-refractivity contribution is -0.117. The summed E-state index contributed by atoms with van der Waals surface area (Å²) in [5, 5.41) is 6.45. The first kappa shape index (κ1) is 25.2. The van der Waals surface area contributed by atoms with Crippen LogP contribution in [-0.4, -0.2) is 56.7 Å². The Bertz CT molecular complexity index is 559. The van der Waals surface area contributed by atoms with Crippen LogP contribution < -0.4 is 10.6 Å². The maximum atomic E-state index is 12.3. The van der Waals surface area contributed by atoms with E-state index in [0.717, 1.165) is 58.0 Å². The van der Waals surface area contributed by atoms with Crippen molar-refractivity contribution >= 4 is 36.4 Å². The van der Waals surface area contributed by atoms with Gasteiger partial charge in [0.1, 0.15) is 0 Å². The summed E-state index contributed by atoms with van der Waals surface area (Å²) < 4.78 is 5.39. The highest BCUT2D eigenvalue weighted by Gasteiger charge is 2.22. The molecule has 0 aromatic heterocycles. The molecule has 2 heterocycles. The summed E-state index contributed by atoms with van der Waals surface area (Å²) in [6.07, 6.45) is 4.03. The molecule has 7 heteroatoms. The lowest BCUT2D eigenvalue weighted by atomic mass is 9.84. The van der Waals surface area contributed by atoms with Crippen LogP contribution in [0.4, 0.5) is 5.69 Å². The molecule has 2 N–H and O–H groups in total. The molecule has 0 radical (unpaired) electrons. The second kappa shape index (κ2) is 13.4. The molecule has 1 amide bonds. The monoisotopic (exact) mass is 431 g/mol. The number of anilines is 1. The van der Waals surface area contributed by atoms with Gasteiger partial charge >= 0.3 is 0 Å². The van der Waals surface area contributed by atoms with Crippen LogP contribution in [0.15, 0.2) is 24.3 Å². The van der Waals surface area contributed by atoms with Gasteiger partial charge in [0.25, 0.3) is 0 Å². The van der Waals surface area contributed by atoms with Crippen molar-refractivity contribution in [2.24, 2.45) is 11.8 Å². The van der Waals surface area contributed by atoms with E-state index in [1.807, 2.05) is 12.1 Å². The Kier molecular flexibility index (Phi) is 12.0. The fourth-order valence-corrected chi connectivity index (χ4v) is 3.95. The molecule has 1 atom stereocenters. The van der Waals surface area contributed by atoms with E-state index in [4.69, 9.17) is 4.74 Å². The zero-order valence-corrected chi connectivity index (χ0v) is 18.5. The van der Waals surface area contributed by atoms with Gasteiger partial charge in [0.2, 0.25) is 5.91 Å². The van der Waals surface area contributed by atoms with Crippen molar-refractivity contribution in [1.82, 2.24) is 10.2 Å². The van der Waals surface area contributed by atoms with Crippen LogP contribution in [0, 0.1) is 11.8 Å². The third-order valence-electron chi connectivity index (χ3n) is 5.75. The first-order valence-electron chi connectivity index (χ1n) is 10.1. The first-order valence-corrected chi connectivity index (χ1v) is 10.1. The summed E-state index contributed by atoms with van der Waals surface area (Å²) in [5.74, 6) is 1.26. The van der Waals surface area contributed by atoms with Crippen molar-refractivity contribution < 1.29 is 9.53 Å². The molecule has 5 nitrogen and oxygen atoms in total. The Morgan fingerprint density at radius 2 is 1.82 bits per heavy atom. The number of morpholine rings is 1. The molecule has 160 valence electrons. The molecule has 3 rings (SSSR count). The maximum Gasteiger partial charge on any atom is 0.224 e. The smallest absolute Gasteiger partial charge is 0.224 e. The van der Waals surface area contributed by atoms with E-state index < -0.39 is 0 Å². The normalized spacial score (nSPS) is 19.2. The van der Waals surface area contributed by atoms with Gasteiger partial charge in [-0.1, -0.05) is 19.1 Å². The van der Waals surface area contributed by atoms with Gasteiger partial charge in [-0.2, -0.15) is 0 Å². The molecule has 2 aliphatic rings. The summed E-state index contributed by atoms with van der Waals surface area (Å²) in [5.41, 5.74) is 2.22. The Hall–Kier alpha value is -0.850. The quantitative estimate of drug-likeness (QED) is 0.694. The average molecular weight is 432 g/mol. The van der Waals surface area contributed by atoms with Crippen LogP contribution in [0.25, 0.3) is 0 Å². The lowest BCUT2D eigenvalue weighted by Crippen LogP contribution is -2.37. The molecule has 1 unspecified atom stereocenters. The van der Waals surface area contributed by atoms with Gasteiger partial charge in [-0.25, -0.2) is 0 Å². The van der Waals surface area contributed by atoms with Gasteiger partial charge < -0.3 is 15.4 Å². The topological polar surface area (TPSA) is 53.6 Å². The van der Waals surface area contributed by atoms with Crippen molar-refractivity contribution in [3.8, 4) is 0 Å². The summed E-state index contributed by atoms with van der Waals surface area (Å²) in [7, 11) is 0. The summed E-state index contributed by atoms with van der Waals surface area (Å²) in [6.45, 7) is 9.21.